The number of alkyl halides is 3. The zero-order chi connectivity index (χ0) is 19.1. The monoisotopic (exact) mass is 389 g/mol. The molecule has 0 bridgehead atoms. The van der Waals surface area contributed by atoms with Crippen molar-refractivity contribution in [2.45, 2.75) is 19.1 Å². The molecule has 1 atom stereocenters. The van der Waals surface area contributed by atoms with Gasteiger partial charge >= 0.3 is 6.18 Å². The van der Waals surface area contributed by atoms with E-state index >= 15 is 0 Å². The van der Waals surface area contributed by atoms with Crippen LogP contribution in [0.2, 0.25) is 0 Å². The van der Waals surface area contributed by atoms with Crippen LogP contribution in [0.1, 0.15) is 21.0 Å². The minimum Gasteiger partial charge on any atom is -0.394 e. The highest BCUT2D eigenvalue weighted by atomic mass is 32.1. The molecule has 26 heavy (non-hydrogen) atoms. The summed E-state index contributed by atoms with van der Waals surface area (Å²) in [5.74, 6) is -1.38. The van der Waals surface area contributed by atoms with E-state index < -0.39 is 11.9 Å². The summed E-state index contributed by atoms with van der Waals surface area (Å²) >= 11 is 1.06. The van der Waals surface area contributed by atoms with Crippen molar-refractivity contribution in [3.8, 4) is 10.6 Å². The molecule has 10 heteroatoms. The highest BCUT2D eigenvalue weighted by Crippen LogP contribution is 2.38. The number of carbonyl (C=O) groups excluding carboxylic acids is 1. The number of halogens is 3. The summed E-state index contributed by atoms with van der Waals surface area (Å²) in [6.45, 7) is 2.88. The van der Waals surface area contributed by atoms with E-state index in [1.807, 2.05) is 11.9 Å². The number of rotatable bonds is 3. The second-order valence-electron chi connectivity index (χ2n) is 6.24. The molecule has 0 aromatic carbocycles. The Balaban J connectivity index is 1.84. The van der Waals surface area contributed by atoms with E-state index in [1.165, 1.54) is 6.92 Å². The fourth-order valence-electron chi connectivity index (χ4n) is 2.99. The third kappa shape index (κ3) is 3.49. The number of hydrogen-bond acceptors (Lipinski definition) is 6. The molecule has 1 aliphatic heterocycles. The summed E-state index contributed by atoms with van der Waals surface area (Å²) in [6, 6.07) is 2.82. The zero-order valence-corrected chi connectivity index (χ0v) is 15.0. The molecule has 0 radical (unpaired) electrons. The lowest BCUT2D eigenvalue weighted by molar-refractivity contribution is -0.156. The van der Waals surface area contributed by atoms with E-state index in [2.05, 4.69) is 9.68 Å². The third-order valence-corrected chi connectivity index (χ3v) is 5.47. The van der Waals surface area contributed by atoms with E-state index in [-0.39, 0.29) is 29.8 Å². The van der Waals surface area contributed by atoms with Gasteiger partial charge in [-0.2, -0.15) is 13.2 Å². The van der Waals surface area contributed by atoms with E-state index in [9.17, 15) is 23.1 Å². The van der Waals surface area contributed by atoms with Crippen LogP contribution in [-0.4, -0.2) is 65.3 Å². The van der Waals surface area contributed by atoms with Crippen molar-refractivity contribution < 1.29 is 27.6 Å². The first kappa shape index (κ1) is 18.9. The molecule has 3 rings (SSSR count). The summed E-state index contributed by atoms with van der Waals surface area (Å²) in [6.07, 6.45) is -4.61. The van der Waals surface area contributed by atoms with E-state index in [0.717, 1.165) is 11.3 Å². The van der Waals surface area contributed by atoms with Crippen LogP contribution in [0.3, 0.4) is 0 Å². The van der Waals surface area contributed by atoms with Crippen LogP contribution in [-0.2, 0) is 6.18 Å². The molecular weight excluding hydrogens is 371 g/mol. The highest BCUT2D eigenvalue weighted by molar-refractivity contribution is 7.17. The van der Waals surface area contributed by atoms with E-state index in [0.29, 0.717) is 29.4 Å². The molecule has 0 saturated carbocycles. The maximum Gasteiger partial charge on any atom is 0.452 e. The van der Waals surface area contributed by atoms with Gasteiger partial charge in [-0.05, 0) is 26.1 Å². The minimum absolute atomic E-state index is 0.0819. The van der Waals surface area contributed by atoms with Crippen LogP contribution in [0.5, 0.6) is 0 Å². The first-order valence-electron chi connectivity index (χ1n) is 7.96. The van der Waals surface area contributed by atoms with E-state index in [4.69, 9.17) is 0 Å². The van der Waals surface area contributed by atoms with Gasteiger partial charge in [-0.15, -0.1) is 11.3 Å². The number of aliphatic hydroxyl groups excluding tert-OH is 1. The van der Waals surface area contributed by atoms with Gasteiger partial charge in [0, 0.05) is 25.2 Å². The largest absolute Gasteiger partial charge is 0.452 e. The summed E-state index contributed by atoms with van der Waals surface area (Å²) in [7, 11) is 1.92. The number of hydrogen-bond donors (Lipinski definition) is 1. The predicted octanol–water partition coefficient (Wildman–Crippen LogP) is 2.48. The van der Waals surface area contributed by atoms with Crippen molar-refractivity contribution in [3.63, 3.8) is 0 Å². The average Bonchev–Trinajstić information content (AvgIpc) is 3.20. The van der Waals surface area contributed by atoms with Crippen molar-refractivity contribution in [2.24, 2.45) is 0 Å². The molecule has 142 valence electrons. The molecule has 1 aliphatic rings. The molecule has 0 spiro atoms. The Morgan fingerprint density at radius 3 is 2.77 bits per heavy atom. The van der Waals surface area contributed by atoms with Crippen molar-refractivity contribution in [2.75, 3.05) is 33.3 Å². The van der Waals surface area contributed by atoms with Gasteiger partial charge in [-0.3, -0.25) is 4.79 Å². The Morgan fingerprint density at radius 1 is 1.42 bits per heavy atom. The first-order valence-corrected chi connectivity index (χ1v) is 8.78. The second-order valence-corrected chi connectivity index (χ2v) is 7.33. The van der Waals surface area contributed by atoms with Crippen LogP contribution in [0, 0.1) is 6.92 Å². The molecule has 6 nitrogen and oxygen atoms in total. The third-order valence-electron chi connectivity index (χ3n) is 4.39. The average molecular weight is 389 g/mol. The topological polar surface area (TPSA) is 69.8 Å². The Hall–Kier alpha value is -1.91. The first-order chi connectivity index (χ1) is 12.2. The quantitative estimate of drug-likeness (QED) is 0.874. The Morgan fingerprint density at radius 2 is 2.15 bits per heavy atom. The van der Waals surface area contributed by atoms with Gasteiger partial charge in [0.25, 0.3) is 5.91 Å². The molecule has 1 saturated heterocycles. The number of nitrogens with zero attached hydrogens (tertiary/aromatic N) is 3. The summed E-state index contributed by atoms with van der Waals surface area (Å²) in [5.41, 5.74) is -0.0235. The molecule has 1 amide bonds. The molecule has 1 N–H and O–H groups in total. The van der Waals surface area contributed by atoms with Gasteiger partial charge in [0.1, 0.15) is 5.69 Å². The number of amides is 1. The van der Waals surface area contributed by atoms with Gasteiger partial charge in [0.05, 0.1) is 22.4 Å². The number of carbonyl (C=O) groups is 1. The lowest BCUT2D eigenvalue weighted by Gasteiger charge is -2.38. The SMILES string of the molecule is Cc1c(-c2ccc(C(=O)N3CCN(C)C[C@@H]3CO)s2)noc1C(F)(F)F. The number of aromatic nitrogens is 1. The molecule has 2 aromatic heterocycles. The fourth-order valence-corrected chi connectivity index (χ4v) is 3.99. The minimum atomic E-state index is -4.61. The Labute approximate surface area is 151 Å². The molecule has 1 fully saturated rings. The fraction of sp³-hybridized carbons (Fsp3) is 0.500. The maximum absolute atomic E-state index is 12.8. The van der Waals surface area contributed by atoms with Crippen LogP contribution in [0.4, 0.5) is 13.2 Å². The van der Waals surface area contributed by atoms with Crippen molar-refractivity contribution in [3.05, 3.63) is 28.3 Å². The van der Waals surface area contributed by atoms with Gasteiger partial charge in [-0.25, -0.2) is 0 Å². The van der Waals surface area contributed by atoms with Crippen LogP contribution < -0.4 is 0 Å². The van der Waals surface area contributed by atoms with Gasteiger partial charge in [0.15, 0.2) is 0 Å². The number of thiophene rings is 1. The van der Waals surface area contributed by atoms with Crippen LogP contribution >= 0.6 is 11.3 Å². The van der Waals surface area contributed by atoms with E-state index in [1.54, 1.807) is 17.0 Å². The predicted molar refractivity (Wildman–Crippen MR) is 89.0 cm³/mol. The zero-order valence-electron chi connectivity index (χ0n) is 14.2. The Bertz CT molecular complexity index is 802. The molecule has 2 aromatic rings. The molecule has 3 heterocycles. The lowest BCUT2D eigenvalue weighted by atomic mass is 10.1. The van der Waals surface area contributed by atoms with Gasteiger partial charge in [0.2, 0.25) is 5.76 Å². The normalized spacial score (nSPS) is 19.2. The Kier molecular flexibility index (Phi) is 5.09. The number of piperazine rings is 1. The lowest BCUT2D eigenvalue weighted by Crippen LogP contribution is -2.55. The highest BCUT2D eigenvalue weighted by Gasteiger charge is 2.39. The van der Waals surface area contributed by atoms with Crippen molar-refractivity contribution >= 4 is 17.2 Å². The number of likely N-dealkylation sites (N-methyl/N-ethyl adjacent to an activating group) is 1. The van der Waals surface area contributed by atoms with Crippen molar-refractivity contribution in [1.29, 1.82) is 0 Å². The smallest absolute Gasteiger partial charge is 0.394 e. The van der Waals surface area contributed by atoms with Gasteiger partial charge < -0.3 is 19.4 Å². The second kappa shape index (κ2) is 7.01. The van der Waals surface area contributed by atoms with Crippen LogP contribution in [0.25, 0.3) is 10.6 Å². The molecule has 0 aliphatic carbocycles. The molecule has 0 unspecified atom stereocenters. The summed E-state index contributed by atoms with van der Waals surface area (Å²) in [5, 5.41) is 13.1. The van der Waals surface area contributed by atoms with Crippen LogP contribution in [0.15, 0.2) is 16.7 Å². The summed E-state index contributed by atoms with van der Waals surface area (Å²) < 4.78 is 43.0. The maximum atomic E-state index is 12.8. The van der Waals surface area contributed by atoms with Crippen molar-refractivity contribution in [1.82, 2.24) is 15.0 Å². The van der Waals surface area contributed by atoms with Gasteiger partial charge in [-0.1, -0.05) is 5.16 Å². The number of aliphatic hydroxyl groups is 1. The summed E-state index contributed by atoms with van der Waals surface area (Å²) in [4.78, 5) is 17.2. The standard InChI is InChI=1S/C16H18F3N3O3S/c1-9-13(20-25-14(9)16(17,18)19)11-3-4-12(26-11)15(24)22-6-5-21(2)7-10(22)8-23/h3-4,10,23H,5-8H2,1-2H3/t10-/m1/s1. The molecular formula is C16H18F3N3O3S.